The Balaban J connectivity index is 1.69. The number of amides is 2. The minimum absolute atomic E-state index is 0.0415. The lowest BCUT2D eigenvalue weighted by molar-refractivity contribution is -0.128. The van der Waals surface area contributed by atoms with Crippen molar-refractivity contribution in [1.29, 1.82) is 0 Å². The Kier molecular flexibility index (Phi) is 5.72. The summed E-state index contributed by atoms with van der Waals surface area (Å²) in [5.74, 6) is -0.721. The van der Waals surface area contributed by atoms with E-state index in [0.29, 0.717) is 36.2 Å². The van der Waals surface area contributed by atoms with Gasteiger partial charge in [-0.15, -0.1) is 0 Å². The topological polar surface area (TPSA) is 74.2 Å². The van der Waals surface area contributed by atoms with Crippen LogP contribution in [0.25, 0.3) is 33.3 Å². The quantitative estimate of drug-likeness (QED) is 0.476. The molecule has 2 aromatic heterocycles. The molecule has 0 unspecified atom stereocenters. The molecule has 0 atom stereocenters. The molecule has 1 N–H and O–H groups in total. The van der Waals surface area contributed by atoms with Gasteiger partial charge in [-0.1, -0.05) is 24.3 Å². The lowest BCUT2D eigenvalue weighted by Gasteiger charge is -2.27. The predicted molar refractivity (Wildman–Crippen MR) is 134 cm³/mol. The number of carbonyl (C=O) groups excluding carboxylic acids is 2. The number of nitrogens with one attached hydrogen (secondary N) is 1. The summed E-state index contributed by atoms with van der Waals surface area (Å²) in [6.07, 6.45) is 6.27. The van der Waals surface area contributed by atoms with Crippen LogP contribution in [0.5, 0.6) is 0 Å². The van der Waals surface area contributed by atoms with Crippen LogP contribution in [0, 0.1) is 5.82 Å². The molecule has 4 aromatic rings. The van der Waals surface area contributed by atoms with Crippen LogP contribution in [0.2, 0.25) is 0 Å². The van der Waals surface area contributed by atoms with Crippen molar-refractivity contribution < 1.29 is 14.0 Å². The van der Waals surface area contributed by atoms with Crippen molar-refractivity contribution in [1.82, 2.24) is 24.6 Å². The Morgan fingerprint density at radius 2 is 1.89 bits per heavy atom. The highest BCUT2D eigenvalue weighted by Crippen LogP contribution is 2.37. The van der Waals surface area contributed by atoms with E-state index in [9.17, 15) is 9.59 Å². The lowest BCUT2D eigenvalue weighted by Crippen LogP contribution is -2.33. The number of hydrogen-bond donors (Lipinski definition) is 1. The second-order valence-corrected chi connectivity index (χ2v) is 8.92. The minimum Gasteiger partial charge on any atom is -0.348 e. The molecule has 7 nitrogen and oxygen atoms in total. The average molecular weight is 472 g/mol. The SMILES string of the molecule is CC(=O)N1CCC=C(c2cc(-c3cnn(-c4ccccc4)c3)c3cc(C(=O)N(C)C)[nH]c3c2F)C1. The first-order valence-corrected chi connectivity index (χ1v) is 11.5. The lowest BCUT2D eigenvalue weighted by atomic mass is 9.94. The number of benzene rings is 2. The van der Waals surface area contributed by atoms with Gasteiger partial charge in [0.25, 0.3) is 5.91 Å². The molecule has 0 spiro atoms. The number of carbonyl (C=O) groups is 2. The smallest absolute Gasteiger partial charge is 0.269 e. The summed E-state index contributed by atoms with van der Waals surface area (Å²) >= 11 is 0. The maximum atomic E-state index is 15.9. The fourth-order valence-electron chi connectivity index (χ4n) is 4.48. The zero-order valence-corrected chi connectivity index (χ0v) is 19.9. The zero-order chi connectivity index (χ0) is 24.7. The third-order valence-corrected chi connectivity index (χ3v) is 6.35. The largest absolute Gasteiger partial charge is 0.348 e. The van der Waals surface area contributed by atoms with Crippen LogP contribution in [0.15, 0.2) is 60.9 Å². The number of fused-ring (bicyclic) bond motifs is 1. The summed E-state index contributed by atoms with van der Waals surface area (Å²) < 4.78 is 17.7. The van der Waals surface area contributed by atoms with Gasteiger partial charge in [0.1, 0.15) is 5.69 Å². The average Bonchev–Trinajstić information content (AvgIpc) is 3.53. The molecule has 0 aliphatic carbocycles. The number of halogens is 1. The number of para-hydroxylation sites is 1. The van der Waals surface area contributed by atoms with E-state index < -0.39 is 5.82 Å². The van der Waals surface area contributed by atoms with Crippen LogP contribution in [0.4, 0.5) is 4.39 Å². The molecule has 1 aliphatic rings. The molecule has 0 fully saturated rings. The molecule has 2 aromatic carbocycles. The highest BCUT2D eigenvalue weighted by atomic mass is 19.1. The van der Waals surface area contributed by atoms with Crippen molar-refractivity contribution in [2.75, 3.05) is 27.2 Å². The molecule has 0 bridgehead atoms. The van der Waals surface area contributed by atoms with Gasteiger partial charge in [-0.2, -0.15) is 5.10 Å². The molecule has 0 saturated heterocycles. The summed E-state index contributed by atoms with van der Waals surface area (Å²) in [5, 5.41) is 5.11. The van der Waals surface area contributed by atoms with Crippen molar-refractivity contribution in [3.8, 4) is 16.8 Å². The van der Waals surface area contributed by atoms with Gasteiger partial charge in [0.05, 0.1) is 17.4 Å². The number of hydrogen-bond acceptors (Lipinski definition) is 3. The van der Waals surface area contributed by atoms with E-state index in [1.165, 1.54) is 11.8 Å². The second kappa shape index (κ2) is 8.87. The Hall–Kier alpha value is -4.20. The van der Waals surface area contributed by atoms with Gasteiger partial charge in [0, 0.05) is 56.8 Å². The van der Waals surface area contributed by atoms with Crippen LogP contribution in [-0.2, 0) is 4.79 Å². The van der Waals surface area contributed by atoms with Crippen molar-refractivity contribution in [3.63, 3.8) is 0 Å². The Morgan fingerprint density at radius 1 is 1.11 bits per heavy atom. The third-order valence-electron chi connectivity index (χ3n) is 6.35. The maximum Gasteiger partial charge on any atom is 0.269 e. The van der Waals surface area contributed by atoms with E-state index in [0.717, 1.165) is 22.4 Å². The Morgan fingerprint density at radius 3 is 2.60 bits per heavy atom. The molecule has 35 heavy (non-hydrogen) atoms. The molecule has 8 heteroatoms. The molecule has 5 rings (SSSR count). The molecular formula is C27H26FN5O2. The summed E-state index contributed by atoms with van der Waals surface area (Å²) in [6, 6.07) is 13.2. The van der Waals surface area contributed by atoms with Gasteiger partial charge in [0.15, 0.2) is 5.82 Å². The van der Waals surface area contributed by atoms with Crippen molar-refractivity contribution >= 4 is 28.3 Å². The highest BCUT2D eigenvalue weighted by molar-refractivity contribution is 6.04. The van der Waals surface area contributed by atoms with Crippen LogP contribution in [0.3, 0.4) is 0 Å². The van der Waals surface area contributed by atoms with Crippen LogP contribution in [-0.4, -0.2) is 63.6 Å². The first kappa shape index (κ1) is 22.6. The Bertz CT molecular complexity index is 1470. The fourth-order valence-corrected chi connectivity index (χ4v) is 4.48. The molecule has 0 saturated carbocycles. The van der Waals surface area contributed by atoms with E-state index >= 15 is 4.39 Å². The van der Waals surface area contributed by atoms with Crippen LogP contribution in [0.1, 0.15) is 29.4 Å². The van der Waals surface area contributed by atoms with Crippen LogP contribution >= 0.6 is 0 Å². The molecule has 2 amide bonds. The van der Waals surface area contributed by atoms with Gasteiger partial charge in [-0.25, -0.2) is 9.07 Å². The molecule has 1 aliphatic heterocycles. The number of aromatic nitrogens is 3. The van der Waals surface area contributed by atoms with Crippen molar-refractivity contribution in [2.45, 2.75) is 13.3 Å². The molecular weight excluding hydrogens is 445 g/mol. The van der Waals surface area contributed by atoms with Crippen molar-refractivity contribution in [2.24, 2.45) is 0 Å². The van der Waals surface area contributed by atoms with E-state index in [-0.39, 0.29) is 17.3 Å². The molecule has 0 radical (unpaired) electrons. The number of H-pyrrole nitrogens is 1. The molecule has 3 heterocycles. The normalized spacial score (nSPS) is 13.7. The first-order chi connectivity index (χ1) is 16.8. The van der Waals surface area contributed by atoms with E-state index in [1.807, 2.05) is 42.6 Å². The van der Waals surface area contributed by atoms with E-state index in [1.54, 1.807) is 42.0 Å². The summed E-state index contributed by atoms with van der Waals surface area (Å²) in [7, 11) is 3.31. The number of aromatic amines is 1. The van der Waals surface area contributed by atoms with Crippen molar-refractivity contribution in [3.05, 3.63) is 78.0 Å². The van der Waals surface area contributed by atoms with Gasteiger partial charge >= 0.3 is 0 Å². The van der Waals surface area contributed by atoms with E-state index in [4.69, 9.17) is 0 Å². The Labute approximate surface area is 202 Å². The van der Waals surface area contributed by atoms with Crippen LogP contribution < -0.4 is 0 Å². The summed E-state index contributed by atoms with van der Waals surface area (Å²) in [6.45, 7) is 2.48. The van der Waals surface area contributed by atoms with Gasteiger partial charge in [-0.3, -0.25) is 9.59 Å². The van der Waals surface area contributed by atoms with Gasteiger partial charge < -0.3 is 14.8 Å². The number of nitrogens with zero attached hydrogens (tertiary/aromatic N) is 4. The molecule has 178 valence electrons. The first-order valence-electron chi connectivity index (χ1n) is 11.5. The third kappa shape index (κ3) is 4.12. The predicted octanol–water partition coefficient (Wildman–Crippen LogP) is 4.50. The maximum absolute atomic E-state index is 15.9. The highest BCUT2D eigenvalue weighted by Gasteiger charge is 2.24. The standard InChI is InChI=1S/C27H26FN5O2/c1-17(34)32-11-7-8-18(15-32)22-12-21(19-14-29-33(16-19)20-9-5-4-6-10-20)23-13-24(27(35)31(2)3)30-26(23)25(22)28/h4-6,8-10,12-14,16,30H,7,11,15H2,1-3H3. The monoisotopic (exact) mass is 471 g/mol. The minimum atomic E-state index is -0.436. The summed E-state index contributed by atoms with van der Waals surface area (Å²) in [5.41, 5.74) is 4.18. The van der Waals surface area contributed by atoms with Gasteiger partial charge in [0.2, 0.25) is 5.91 Å². The fraction of sp³-hybridized carbons (Fsp3) is 0.222. The van der Waals surface area contributed by atoms with E-state index in [2.05, 4.69) is 10.1 Å². The zero-order valence-electron chi connectivity index (χ0n) is 19.9. The number of rotatable bonds is 4. The van der Waals surface area contributed by atoms with Gasteiger partial charge in [-0.05, 0) is 41.8 Å². The summed E-state index contributed by atoms with van der Waals surface area (Å²) in [4.78, 5) is 30.8. The second-order valence-electron chi connectivity index (χ2n) is 8.92.